The zero-order valence-electron chi connectivity index (χ0n) is 17.7. The second-order valence-corrected chi connectivity index (χ2v) is 8.43. The predicted octanol–water partition coefficient (Wildman–Crippen LogP) is 4.54. The maximum Gasteiger partial charge on any atom is 0.234 e. The molecule has 3 aromatic rings. The summed E-state index contributed by atoms with van der Waals surface area (Å²) in [5.41, 5.74) is 1.66. The van der Waals surface area contributed by atoms with Gasteiger partial charge in [0.1, 0.15) is 11.5 Å². The molecule has 7 nitrogen and oxygen atoms in total. The molecular formula is C23H26N4O3S. The summed E-state index contributed by atoms with van der Waals surface area (Å²) in [7, 11) is 3.50. The maximum absolute atomic E-state index is 12.3. The fourth-order valence-electron chi connectivity index (χ4n) is 3.60. The largest absolute Gasteiger partial charge is 0.497 e. The molecule has 1 aliphatic carbocycles. The van der Waals surface area contributed by atoms with Crippen LogP contribution < -0.4 is 14.8 Å². The molecule has 4 rings (SSSR count). The minimum Gasteiger partial charge on any atom is -0.497 e. The van der Waals surface area contributed by atoms with Gasteiger partial charge in [-0.1, -0.05) is 17.8 Å². The Hall–Kier alpha value is -3.00. The lowest BCUT2D eigenvalue weighted by atomic mass is 10.2. The second kappa shape index (κ2) is 9.87. The number of aromatic nitrogens is 3. The molecule has 0 saturated heterocycles. The maximum atomic E-state index is 12.3. The highest BCUT2D eigenvalue weighted by Gasteiger charge is 2.17. The van der Waals surface area contributed by atoms with Crippen LogP contribution in [0.2, 0.25) is 0 Å². The molecule has 1 aliphatic rings. The molecule has 0 spiro atoms. The van der Waals surface area contributed by atoms with Gasteiger partial charge in [-0.2, -0.15) is 0 Å². The van der Waals surface area contributed by atoms with Gasteiger partial charge < -0.3 is 19.4 Å². The third-order valence-corrected chi connectivity index (χ3v) is 6.26. The number of nitrogens with zero attached hydrogens (tertiary/aromatic N) is 3. The van der Waals surface area contributed by atoms with Crippen molar-refractivity contribution in [2.75, 3.05) is 18.2 Å². The summed E-state index contributed by atoms with van der Waals surface area (Å²) in [6.07, 6.45) is 5.11. The van der Waals surface area contributed by atoms with Gasteiger partial charge >= 0.3 is 0 Å². The third-order valence-electron chi connectivity index (χ3n) is 5.24. The van der Waals surface area contributed by atoms with Crippen molar-refractivity contribution in [1.29, 1.82) is 0 Å². The number of hydrogen-bond donors (Lipinski definition) is 1. The lowest BCUT2D eigenvalue weighted by Gasteiger charge is -2.13. The number of anilines is 1. The molecule has 0 atom stereocenters. The predicted molar refractivity (Wildman–Crippen MR) is 122 cm³/mol. The first-order valence-electron chi connectivity index (χ1n) is 10.4. The highest BCUT2D eigenvalue weighted by Crippen LogP contribution is 2.27. The van der Waals surface area contributed by atoms with Crippen molar-refractivity contribution in [2.24, 2.45) is 7.05 Å². The van der Waals surface area contributed by atoms with Crippen LogP contribution in [0.5, 0.6) is 11.5 Å². The molecule has 0 radical (unpaired) electrons. The molecule has 0 unspecified atom stereocenters. The molecule has 1 N–H and O–H groups in total. The van der Waals surface area contributed by atoms with E-state index < -0.39 is 0 Å². The molecule has 0 aliphatic heterocycles. The van der Waals surface area contributed by atoms with Crippen LogP contribution in [0.1, 0.15) is 25.7 Å². The van der Waals surface area contributed by atoms with Crippen molar-refractivity contribution in [3.05, 3.63) is 48.5 Å². The Bertz CT molecular complexity index is 1030. The first kappa shape index (κ1) is 21.2. The Kier molecular flexibility index (Phi) is 6.76. The molecule has 1 aromatic heterocycles. The quantitative estimate of drug-likeness (QED) is 0.520. The van der Waals surface area contributed by atoms with Gasteiger partial charge in [0.15, 0.2) is 11.0 Å². The normalized spacial score (nSPS) is 13.9. The summed E-state index contributed by atoms with van der Waals surface area (Å²) in [6.45, 7) is 0. The summed E-state index contributed by atoms with van der Waals surface area (Å²) >= 11 is 1.35. The lowest BCUT2D eigenvalue weighted by Crippen LogP contribution is -2.14. The summed E-state index contributed by atoms with van der Waals surface area (Å²) in [6, 6.07) is 15.2. The molecular weight excluding hydrogens is 412 g/mol. The molecule has 1 amide bonds. The zero-order valence-corrected chi connectivity index (χ0v) is 18.5. The highest BCUT2D eigenvalue weighted by atomic mass is 32.2. The van der Waals surface area contributed by atoms with Crippen LogP contribution in [-0.4, -0.2) is 39.6 Å². The van der Waals surface area contributed by atoms with E-state index in [1.165, 1.54) is 24.6 Å². The third kappa shape index (κ3) is 5.38. The van der Waals surface area contributed by atoms with Gasteiger partial charge in [-0.25, -0.2) is 0 Å². The molecule has 1 saturated carbocycles. The second-order valence-electron chi connectivity index (χ2n) is 7.48. The van der Waals surface area contributed by atoms with Gasteiger partial charge in [0.05, 0.1) is 19.0 Å². The molecule has 1 fully saturated rings. The summed E-state index contributed by atoms with van der Waals surface area (Å²) < 4.78 is 13.1. The molecule has 8 heteroatoms. The Balaban J connectivity index is 1.34. The van der Waals surface area contributed by atoms with Crippen LogP contribution >= 0.6 is 11.8 Å². The molecule has 31 heavy (non-hydrogen) atoms. The Morgan fingerprint density at radius 1 is 1.13 bits per heavy atom. The standard InChI is InChI=1S/C23H26N4O3S/c1-27-22(16-10-12-19(13-11-16)30-18-7-3-4-8-18)25-26-23(27)31-15-21(28)24-17-6-5-9-20(14-17)29-2/h5-6,9-14,18H,3-4,7-8,15H2,1-2H3,(H,24,28). The number of hydrogen-bond acceptors (Lipinski definition) is 6. The summed E-state index contributed by atoms with van der Waals surface area (Å²) in [5, 5.41) is 12.1. The zero-order chi connectivity index (χ0) is 21.6. The number of carbonyl (C=O) groups is 1. The van der Waals surface area contributed by atoms with Crippen molar-refractivity contribution in [3.8, 4) is 22.9 Å². The van der Waals surface area contributed by atoms with Crippen molar-refractivity contribution >= 4 is 23.4 Å². The van der Waals surface area contributed by atoms with E-state index in [1.807, 2.05) is 54.1 Å². The summed E-state index contributed by atoms with van der Waals surface area (Å²) in [5.74, 6) is 2.46. The van der Waals surface area contributed by atoms with Crippen LogP contribution in [0.3, 0.4) is 0 Å². The monoisotopic (exact) mass is 438 g/mol. The van der Waals surface area contributed by atoms with E-state index in [4.69, 9.17) is 9.47 Å². The van der Waals surface area contributed by atoms with Crippen molar-refractivity contribution in [2.45, 2.75) is 36.9 Å². The van der Waals surface area contributed by atoms with Crippen LogP contribution in [0, 0.1) is 0 Å². The smallest absolute Gasteiger partial charge is 0.234 e. The molecule has 2 aromatic carbocycles. The number of rotatable bonds is 8. The fraction of sp³-hybridized carbons (Fsp3) is 0.348. The van der Waals surface area contributed by atoms with E-state index in [1.54, 1.807) is 13.2 Å². The van der Waals surface area contributed by atoms with Gasteiger partial charge in [-0.05, 0) is 62.1 Å². The van der Waals surface area contributed by atoms with E-state index in [0.717, 1.165) is 30.0 Å². The number of benzene rings is 2. The van der Waals surface area contributed by atoms with Gasteiger partial charge in [-0.15, -0.1) is 10.2 Å². The van der Waals surface area contributed by atoms with E-state index in [0.29, 0.717) is 22.7 Å². The first-order chi connectivity index (χ1) is 15.1. The van der Waals surface area contributed by atoms with Gasteiger partial charge in [0.25, 0.3) is 0 Å². The van der Waals surface area contributed by atoms with Gasteiger partial charge in [0.2, 0.25) is 5.91 Å². The van der Waals surface area contributed by atoms with E-state index in [9.17, 15) is 4.79 Å². The van der Waals surface area contributed by atoms with Crippen LogP contribution in [0.4, 0.5) is 5.69 Å². The number of ether oxygens (including phenoxy) is 2. The topological polar surface area (TPSA) is 78.3 Å². The van der Waals surface area contributed by atoms with Crippen molar-refractivity contribution < 1.29 is 14.3 Å². The number of amides is 1. The van der Waals surface area contributed by atoms with Crippen LogP contribution in [0.15, 0.2) is 53.7 Å². The number of thioether (sulfide) groups is 1. The number of carbonyl (C=O) groups excluding carboxylic acids is 1. The Morgan fingerprint density at radius 2 is 1.90 bits per heavy atom. The lowest BCUT2D eigenvalue weighted by molar-refractivity contribution is -0.113. The summed E-state index contributed by atoms with van der Waals surface area (Å²) in [4.78, 5) is 12.3. The first-order valence-corrected chi connectivity index (χ1v) is 11.3. The fourth-order valence-corrected chi connectivity index (χ4v) is 4.31. The van der Waals surface area contributed by atoms with Crippen molar-refractivity contribution in [3.63, 3.8) is 0 Å². The SMILES string of the molecule is COc1cccc(NC(=O)CSc2nnc(-c3ccc(OC4CCCC4)cc3)n2C)c1. The minimum absolute atomic E-state index is 0.115. The van der Waals surface area contributed by atoms with Crippen LogP contribution in [-0.2, 0) is 11.8 Å². The molecule has 0 bridgehead atoms. The van der Waals surface area contributed by atoms with Gasteiger partial charge in [0, 0.05) is 24.4 Å². The Labute approximate surface area is 186 Å². The highest BCUT2D eigenvalue weighted by molar-refractivity contribution is 7.99. The van der Waals surface area contributed by atoms with Crippen molar-refractivity contribution in [1.82, 2.24) is 14.8 Å². The number of methoxy groups -OCH3 is 1. The minimum atomic E-state index is -0.115. The van der Waals surface area contributed by atoms with E-state index >= 15 is 0 Å². The van der Waals surface area contributed by atoms with E-state index in [2.05, 4.69) is 15.5 Å². The van der Waals surface area contributed by atoms with E-state index in [-0.39, 0.29) is 11.7 Å². The molecule has 1 heterocycles. The van der Waals surface area contributed by atoms with Gasteiger partial charge in [-0.3, -0.25) is 4.79 Å². The average molecular weight is 439 g/mol. The molecule has 162 valence electrons. The Morgan fingerprint density at radius 3 is 2.65 bits per heavy atom. The van der Waals surface area contributed by atoms with Crippen LogP contribution in [0.25, 0.3) is 11.4 Å². The average Bonchev–Trinajstić information content (AvgIpc) is 3.43. The number of nitrogens with one attached hydrogen (secondary N) is 1.